The first-order chi connectivity index (χ1) is 14.0. The maximum absolute atomic E-state index is 4.75. The minimum atomic E-state index is 0.309. The molecular formula is C23H26N6. The second-order valence-electron chi connectivity index (χ2n) is 7.62. The molecule has 0 aliphatic heterocycles. The second-order valence-corrected chi connectivity index (χ2v) is 7.62. The molecule has 0 amide bonds. The first-order valence-corrected chi connectivity index (χ1v) is 9.97. The van der Waals surface area contributed by atoms with E-state index in [9.17, 15) is 0 Å². The Kier molecular flexibility index (Phi) is 5.25. The van der Waals surface area contributed by atoms with Gasteiger partial charge in [0.15, 0.2) is 0 Å². The van der Waals surface area contributed by atoms with Crippen LogP contribution in [-0.2, 0) is 13.0 Å². The van der Waals surface area contributed by atoms with Gasteiger partial charge >= 0.3 is 0 Å². The third-order valence-electron chi connectivity index (χ3n) is 4.89. The Bertz CT molecular complexity index is 1090. The van der Waals surface area contributed by atoms with Crippen molar-refractivity contribution in [3.63, 3.8) is 0 Å². The first-order valence-electron chi connectivity index (χ1n) is 9.97. The molecule has 1 aromatic carbocycles. The maximum atomic E-state index is 4.75. The van der Waals surface area contributed by atoms with E-state index in [2.05, 4.69) is 51.8 Å². The molecule has 0 saturated carbocycles. The fourth-order valence-electron chi connectivity index (χ4n) is 3.54. The fourth-order valence-corrected chi connectivity index (χ4v) is 3.54. The van der Waals surface area contributed by atoms with Gasteiger partial charge in [-0.15, -0.1) is 0 Å². The smallest absolute Gasteiger partial charge is 0.130 e. The van der Waals surface area contributed by atoms with Gasteiger partial charge in [0.05, 0.1) is 23.9 Å². The first kappa shape index (κ1) is 19.1. The molecule has 0 bridgehead atoms. The van der Waals surface area contributed by atoms with Gasteiger partial charge in [0, 0.05) is 47.7 Å². The third-order valence-corrected chi connectivity index (χ3v) is 4.89. The summed E-state index contributed by atoms with van der Waals surface area (Å²) in [6, 6.07) is 12.6. The molecule has 3 heterocycles. The van der Waals surface area contributed by atoms with Crippen LogP contribution in [0.2, 0.25) is 0 Å². The van der Waals surface area contributed by atoms with Crippen LogP contribution in [0.5, 0.6) is 0 Å². The van der Waals surface area contributed by atoms with Crippen LogP contribution in [0.1, 0.15) is 37.1 Å². The summed E-state index contributed by atoms with van der Waals surface area (Å²) in [5, 5.41) is 4.54. The monoisotopic (exact) mass is 386 g/mol. The molecule has 0 spiro atoms. The van der Waals surface area contributed by atoms with E-state index in [4.69, 9.17) is 4.98 Å². The summed E-state index contributed by atoms with van der Waals surface area (Å²) in [4.78, 5) is 13.9. The van der Waals surface area contributed by atoms with Crippen LogP contribution in [0, 0.1) is 13.8 Å². The zero-order chi connectivity index (χ0) is 20.4. The molecule has 0 radical (unpaired) electrons. The van der Waals surface area contributed by atoms with Gasteiger partial charge in [0.2, 0.25) is 0 Å². The Morgan fingerprint density at radius 2 is 1.69 bits per heavy atom. The Morgan fingerprint density at radius 1 is 0.966 bits per heavy atom. The van der Waals surface area contributed by atoms with Crippen molar-refractivity contribution in [1.29, 1.82) is 0 Å². The van der Waals surface area contributed by atoms with Gasteiger partial charge in [-0.1, -0.05) is 30.3 Å². The van der Waals surface area contributed by atoms with Crippen molar-refractivity contribution in [2.45, 2.75) is 46.7 Å². The molecule has 3 aromatic heterocycles. The molecule has 6 heteroatoms. The van der Waals surface area contributed by atoms with E-state index >= 15 is 0 Å². The lowest BCUT2D eigenvalue weighted by molar-refractivity contribution is 0.532. The van der Waals surface area contributed by atoms with Crippen LogP contribution in [0.4, 0.5) is 0 Å². The quantitative estimate of drug-likeness (QED) is 0.484. The van der Waals surface area contributed by atoms with Crippen molar-refractivity contribution in [2.75, 3.05) is 0 Å². The molecule has 0 saturated heterocycles. The third kappa shape index (κ3) is 4.11. The van der Waals surface area contributed by atoms with Crippen molar-refractivity contribution >= 4 is 0 Å². The Morgan fingerprint density at radius 3 is 2.34 bits per heavy atom. The number of aryl methyl sites for hydroxylation is 4. The SMILES string of the molecule is Cc1cc(C)nc(CCn2cnc(-c3ccccc3)c2-c2cnn(C(C)C)c2)n1. The summed E-state index contributed by atoms with van der Waals surface area (Å²) in [6.45, 7) is 9.03. The average Bonchev–Trinajstić information content (AvgIpc) is 3.33. The number of hydrogen-bond acceptors (Lipinski definition) is 4. The highest BCUT2D eigenvalue weighted by atomic mass is 15.3. The highest BCUT2D eigenvalue weighted by Gasteiger charge is 2.17. The lowest BCUT2D eigenvalue weighted by Crippen LogP contribution is -2.06. The average molecular weight is 387 g/mol. The van der Waals surface area contributed by atoms with Gasteiger partial charge in [-0.05, 0) is 33.8 Å². The zero-order valence-electron chi connectivity index (χ0n) is 17.4. The van der Waals surface area contributed by atoms with E-state index < -0.39 is 0 Å². The molecule has 0 fully saturated rings. The normalized spacial score (nSPS) is 11.3. The minimum absolute atomic E-state index is 0.309. The Hall–Kier alpha value is -3.28. The lowest BCUT2D eigenvalue weighted by atomic mass is 10.1. The maximum Gasteiger partial charge on any atom is 0.130 e. The highest BCUT2D eigenvalue weighted by Crippen LogP contribution is 2.31. The Balaban J connectivity index is 1.72. The molecule has 0 aliphatic carbocycles. The number of hydrogen-bond donors (Lipinski definition) is 0. The molecule has 29 heavy (non-hydrogen) atoms. The minimum Gasteiger partial charge on any atom is -0.330 e. The molecule has 6 nitrogen and oxygen atoms in total. The number of nitrogens with zero attached hydrogens (tertiary/aromatic N) is 6. The summed E-state index contributed by atoms with van der Waals surface area (Å²) < 4.78 is 4.17. The van der Waals surface area contributed by atoms with Crippen molar-refractivity contribution in [2.24, 2.45) is 0 Å². The second kappa shape index (κ2) is 7.99. The molecule has 0 atom stereocenters. The van der Waals surface area contributed by atoms with Gasteiger partial charge in [-0.25, -0.2) is 15.0 Å². The predicted octanol–water partition coefficient (Wildman–Crippen LogP) is 4.64. The molecule has 0 aliphatic rings. The molecule has 0 unspecified atom stereocenters. The lowest BCUT2D eigenvalue weighted by Gasteiger charge is -2.10. The van der Waals surface area contributed by atoms with Crippen molar-refractivity contribution < 1.29 is 0 Å². The standard InChI is InChI=1S/C23H26N6/c1-16(2)29-14-20(13-25-29)23-22(19-8-6-5-7-9-19)24-15-28(23)11-10-21-26-17(3)12-18(4)27-21/h5-9,12-16H,10-11H2,1-4H3. The number of imidazole rings is 1. The van der Waals surface area contributed by atoms with Crippen LogP contribution < -0.4 is 0 Å². The van der Waals surface area contributed by atoms with Crippen molar-refractivity contribution in [1.82, 2.24) is 29.3 Å². The van der Waals surface area contributed by atoms with E-state index in [0.29, 0.717) is 6.04 Å². The van der Waals surface area contributed by atoms with Crippen LogP contribution in [0.3, 0.4) is 0 Å². The van der Waals surface area contributed by atoms with E-state index in [-0.39, 0.29) is 0 Å². The Labute approximate surface area is 171 Å². The van der Waals surface area contributed by atoms with Crippen LogP contribution in [-0.4, -0.2) is 29.3 Å². The van der Waals surface area contributed by atoms with Crippen LogP contribution in [0.25, 0.3) is 22.5 Å². The molecule has 148 valence electrons. The van der Waals surface area contributed by atoms with Gasteiger partial charge < -0.3 is 4.57 Å². The summed E-state index contributed by atoms with van der Waals surface area (Å²) >= 11 is 0. The summed E-state index contributed by atoms with van der Waals surface area (Å²) in [6.07, 6.45) is 6.68. The number of aromatic nitrogens is 6. The van der Waals surface area contributed by atoms with Crippen molar-refractivity contribution in [3.05, 3.63) is 72.3 Å². The van der Waals surface area contributed by atoms with E-state index in [1.807, 2.05) is 55.3 Å². The summed E-state index contributed by atoms with van der Waals surface area (Å²) in [7, 11) is 0. The topological polar surface area (TPSA) is 61.4 Å². The van der Waals surface area contributed by atoms with Crippen LogP contribution >= 0.6 is 0 Å². The molecule has 0 N–H and O–H groups in total. The highest BCUT2D eigenvalue weighted by molar-refractivity contribution is 5.78. The van der Waals surface area contributed by atoms with Crippen molar-refractivity contribution in [3.8, 4) is 22.5 Å². The van der Waals surface area contributed by atoms with Crippen LogP contribution in [0.15, 0.2) is 55.1 Å². The zero-order valence-corrected chi connectivity index (χ0v) is 17.4. The fraction of sp³-hybridized carbons (Fsp3) is 0.304. The summed E-state index contributed by atoms with van der Waals surface area (Å²) in [5.41, 5.74) is 6.21. The van der Waals surface area contributed by atoms with E-state index in [1.54, 1.807) is 0 Å². The van der Waals surface area contributed by atoms with Gasteiger partial charge in [0.1, 0.15) is 5.82 Å². The van der Waals surface area contributed by atoms with E-state index in [1.165, 1.54) is 0 Å². The van der Waals surface area contributed by atoms with Gasteiger partial charge in [0.25, 0.3) is 0 Å². The van der Waals surface area contributed by atoms with E-state index in [0.717, 1.165) is 52.7 Å². The molecule has 4 aromatic rings. The summed E-state index contributed by atoms with van der Waals surface area (Å²) in [5.74, 6) is 0.862. The van der Waals surface area contributed by atoms with Gasteiger partial charge in [-0.2, -0.15) is 5.10 Å². The number of rotatable bonds is 6. The molecule has 4 rings (SSSR count). The predicted molar refractivity (Wildman–Crippen MR) is 114 cm³/mol. The number of benzene rings is 1. The van der Waals surface area contributed by atoms with Gasteiger partial charge in [-0.3, -0.25) is 4.68 Å². The largest absolute Gasteiger partial charge is 0.330 e. The molecular weight excluding hydrogens is 360 g/mol.